The number of nitrogens with one attached hydrogen (secondary N) is 1. The second-order valence-corrected chi connectivity index (χ2v) is 2.94. The van der Waals surface area contributed by atoms with Crippen LogP contribution in [0.15, 0.2) is 24.3 Å². The Bertz CT molecular complexity index is 424. The molecule has 100 valence electrons. The highest BCUT2D eigenvalue weighted by molar-refractivity contribution is 5.50. The van der Waals surface area contributed by atoms with E-state index < -0.39 is 32.9 Å². The van der Waals surface area contributed by atoms with Crippen LogP contribution in [-0.4, -0.2) is 26.9 Å². The molecule has 0 aliphatic rings. The fraction of sp³-hybridized carbons (Fsp3) is 0.143. The number of non-ortho nitro benzene ring substituents is 1. The van der Waals surface area contributed by atoms with Crippen molar-refractivity contribution in [3.63, 3.8) is 0 Å². The third kappa shape index (κ3) is 3.04. The smallest absolute Gasteiger partial charge is 0.298 e. The number of alkyl halides is 3. The van der Waals surface area contributed by atoms with Crippen LogP contribution in [-0.2, 0) is 0 Å². The molecule has 0 amide bonds. The number of nitro groups is 1. The summed E-state index contributed by atoms with van der Waals surface area (Å²) >= 11 is 0. The van der Waals surface area contributed by atoms with Crippen molar-refractivity contribution in [1.29, 1.82) is 0 Å². The molecular weight excluding hydrogens is 261 g/mol. The van der Waals surface area contributed by atoms with E-state index >= 15 is 0 Å². The molecule has 0 aliphatic heterocycles. The molecule has 0 bridgehead atoms. The summed E-state index contributed by atoms with van der Waals surface area (Å²) in [7, 11) is 0. The molecule has 0 unspecified atom stereocenters. The Kier molecular flexibility index (Phi) is 4.03. The first-order valence-corrected chi connectivity index (χ1v) is 4.27. The lowest BCUT2D eigenvalue weighted by Crippen LogP contribution is -2.54. The van der Waals surface area contributed by atoms with Crippen LogP contribution in [0.2, 0.25) is 0 Å². The predicted octanol–water partition coefficient (Wildman–Crippen LogP) is 1.42. The maximum atomic E-state index is 12.5. The Morgan fingerprint density at radius 3 is 2.11 bits per heavy atom. The highest BCUT2D eigenvalue weighted by atomic mass is 19.4. The first-order valence-electron chi connectivity index (χ1n) is 4.27. The molecule has 8 nitrogen and oxygen atoms in total. The summed E-state index contributed by atoms with van der Waals surface area (Å²) in [4.78, 5) is 9.54. The first kappa shape index (κ1) is 14.1. The number of benzene rings is 1. The zero-order chi connectivity index (χ0) is 13.9. The molecular formula is C7H7F3N4O4. The van der Waals surface area contributed by atoms with Crippen LogP contribution < -0.4 is 10.6 Å². The number of nitro benzene ring substituents is 1. The number of hydrazine groups is 2. The van der Waals surface area contributed by atoms with Crippen LogP contribution in [0.5, 0.6) is 0 Å². The van der Waals surface area contributed by atoms with Crippen molar-refractivity contribution < 1.29 is 28.5 Å². The van der Waals surface area contributed by atoms with Crippen molar-refractivity contribution in [3.05, 3.63) is 34.4 Å². The molecule has 11 heteroatoms. The minimum atomic E-state index is -5.05. The van der Waals surface area contributed by atoms with Crippen molar-refractivity contribution in [1.82, 2.24) is 10.9 Å². The molecule has 3 N–H and O–H groups in total. The minimum absolute atomic E-state index is 0.415. The van der Waals surface area contributed by atoms with Crippen LogP contribution in [0.1, 0.15) is 0 Å². The number of anilines is 1. The van der Waals surface area contributed by atoms with Gasteiger partial charge in [-0.05, 0) is 12.1 Å². The molecule has 0 heterocycles. The van der Waals surface area contributed by atoms with Gasteiger partial charge in [0.15, 0.2) is 0 Å². The van der Waals surface area contributed by atoms with E-state index in [-0.39, 0.29) is 0 Å². The van der Waals surface area contributed by atoms with Crippen molar-refractivity contribution in [2.75, 3.05) is 5.01 Å². The van der Waals surface area contributed by atoms with E-state index in [0.29, 0.717) is 0 Å². The van der Waals surface area contributed by atoms with Gasteiger partial charge in [-0.2, -0.15) is 5.01 Å². The molecule has 1 aromatic carbocycles. The topological polar surface area (TPSA) is 102 Å². The molecule has 0 aromatic heterocycles. The standard InChI is InChI=1S/C7H7F3N4O4/c8-7(9,10)12(14(18)11-15)5-1-3-6(4-2-5)13(16)17/h1-4,11,15,18H. The number of halogens is 3. The Morgan fingerprint density at radius 1 is 1.28 bits per heavy atom. The lowest BCUT2D eigenvalue weighted by atomic mass is 10.3. The number of rotatable bonds is 4. The maximum Gasteiger partial charge on any atom is 0.502 e. The van der Waals surface area contributed by atoms with Crippen LogP contribution >= 0.6 is 0 Å². The van der Waals surface area contributed by atoms with E-state index in [1.54, 1.807) is 0 Å². The number of nitrogens with zero attached hydrogens (tertiary/aromatic N) is 3. The van der Waals surface area contributed by atoms with Crippen LogP contribution in [0, 0.1) is 10.1 Å². The summed E-state index contributed by atoms with van der Waals surface area (Å²) < 4.78 is 37.6. The summed E-state index contributed by atoms with van der Waals surface area (Å²) in [6.07, 6.45) is -5.05. The van der Waals surface area contributed by atoms with Crippen molar-refractivity contribution in [2.24, 2.45) is 0 Å². The summed E-state index contributed by atoms with van der Waals surface area (Å²) in [5, 5.41) is 26.0. The number of hydrogen-bond acceptors (Lipinski definition) is 7. The average molecular weight is 268 g/mol. The Labute approximate surface area is 97.5 Å². The normalized spacial score (nSPS) is 11.7. The summed E-state index contributed by atoms with van der Waals surface area (Å²) in [5.41, 5.74) is -0.188. The van der Waals surface area contributed by atoms with Gasteiger partial charge in [0.25, 0.3) is 5.69 Å². The summed E-state index contributed by atoms with van der Waals surface area (Å²) in [6, 6.07) is 3.15. The van der Waals surface area contributed by atoms with Crippen molar-refractivity contribution in [2.45, 2.75) is 6.30 Å². The van der Waals surface area contributed by atoms with Gasteiger partial charge in [-0.15, -0.1) is 13.2 Å². The fourth-order valence-corrected chi connectivity index (χ4v) is 1.12. The highest BCUT2D eigenvalue weighted by Gasteiger charge is 2.42. The molecule has 0 aliphatic carbocycles. The Morgan fingerprint density at radius 2 is 1.78 bits per heavy atom. The Hall–Kier alpha value is -1.95. The van der Waals surface area contributed by atoms with Gasteiger partial charge < -0.3 is 0 Å². The lowest BCUT2D eigenvalue weighted by Gasteiger charge is -2.30. The van der Waals surface area contributed by atoms with Gasteiger partial charge >= 0.3 is 6.30 Å². The van der Waals surface area contributed by atoms with E-state index in [2.05, 4.69) is 0 Å². The average Bonchev–Trinajstić information content (AvgIpc) is 2.27. The first-order chi connectivity index (χ1) is 8.27. The molecule has 1 rings (SSSR count). The molecule has 1 aromatic rings. The van der Waals surface area contributed by atoms with Crippen molar-refractivity contribution in [3.8, 4) is 0 Å². The van der Waals surface area contributed by atoms with E-state index in [9.17, 15) is 23.3 Å². The van der Waals surface area contributed by atoms with E-state index in [4.69, 9.17) is 10.4 Å². The van der Waals surface area contributed by atoms with E-state index in [0.717, 1.165) is 29.9 Å². The third-order valence-electron chi connectivity index (χ3n) is 1.82. The van der Waals surface area contributed by atoms with Gasteiger partial charge in [-0.1, -0.05) is 5.59 Å². The quantitative estimate of drug-likeness (QED) is 0.431. The molecule has 0 saturated heterocycles. The molecule has 0 saturated carbocycles. The van der Waals surface area contributed by atoms with Gasteiger partial charge in [0.05, 0.1) is 10.6 Å². The summed E-state index contributed by atoms with van der Waals surface area (Å²) in [6.45, 7) is 0. The van der Waals surface area contributed by atoms with Gasteiger partial charge in [0, 0.05) is 17.4 Å². The monoisotopic (exact) mass is 268 g/mol. The van der Waals surface area contributed by atoms with E-state index in [1.165, 1.54) is 0 Å². The molecule has 0 radical (unpaired) electrons. The van der Waals surface area contributed by atoms with Crippen LogP contribution in [0.4, 0.5) is 24.5 Å². The Balaban J connectivity index is 3.10. The van der Waals surface area contributed by atoms with Crippen molar-refractivity contribution >= 4 is 11.4 Å². The van der Waals surface area contributed by atoms with Crippen LogP contribution in [0.3, 0.4) is 0 Å². The highest BCUT2D eigenvalue weighted by Crippen LogP contribution is 2.30. The lowest BCUT2D eigenvalue weighted by molar-refractivity contribution is -0.384. The third-order valence-corrected chi connectivity index (χ3v) is 1.82. The van der Waals surface area contributed by atoms with Gasteiger partial charge in [-0.3, -0.25) is 20.5 Å². The fourth-order valence-electron chi connectivity index (χ4n) is 1.12. The second-order valence-electron chi connectivity index (χ2n) is 2.94. The van der Waals surface area contributed by atoms with Gasteiger partial charge in [0.2, 0.25) is 0 Å². The van der Waals surface area contributed by atoms with Crippen LogP contribution in [0.25, 0.3) is 0 Å². The molecule has 18 heavy (non-hydrogen) atoms. The van der Waals surface area contributed by atoms with E-state index in [1.807, 2.05) is 0 Å². The SMILES string of the molecule is O=[N+]([O-])c1ccc(N(N(O)NO)C(F)(F)F)cc1. The number of hydrogen-bond donors (Lipinski definition) is 3. The second kappa shape index (κ2) is 5.14. The largest absolute Gasteiger partial charge is 0.502 e. The summed E-state index contributed by atoms with van der Waals surface area (Å²) in [5.74, 6) is 0. The van der Waals surface area contributed by atoms with Gasteiger partial charge in [-0.25, -0.2) is 0 Å². The maximum absolute atomic E-state index is 12.5. The predicted molar refractivity (Wildman–Crippen MR) is 50.2 cm³/mol. The zero-order valence-electron chi connectivity index (χ0n) is 8.50. The zero-order valence-corrected chi connectivity index (χ0v) is 8.50. The van der Waals surface area contributed by atoms with Gasteiger partial charge in [0.1, 0.15) is 0 Å². The molecule has 0 atom stereocenters. The molecule has 0 fully saturated rings. The minimum Gasteiger partial charge on any atom is -0.298 e. The molecule has 0 spiro atoms.